The predicted octanol–water partition coefficient (Wildman–Crippen LogP) is 2.29. The zero-order valence-corrected chi connectivity index (χ0v) is 16.3. The van der Waals surface area contributed by atoms with E-state index in [9.17, 15) is 33.3 Å². The van der Waals surface area contributed by atoms with Gasteiger partial charge in [-0.3, -0.25) is 24.6 Å². The Kier molecular flexibility index (Phi) is 5.56. The van der Waals surface area contributed by atoms with Gasteiger partial charge in [-0.25, -0.2) is 13.6 Å². The molecule has 0 aliphatic carbocycles. The molecule has 0 radical (unpaired) electrons. The van der Waals surface area contributed by atoms with E-state index in [2.05, 4.69) is 10.6 Å². The smallest absolute Gasteiger partial charge is 0.325 e. The Labute approximate surface area is 173 Å². The summed E-state index contributed by atoms with van der Waals surface area (Å²) in [6.07, 6.45) is 0. The van der Waals surface area contributed by atoms with Crippen molar-refractivity contribution in [2.75, 3.05) is 19.0 Å². The lowest BCUT2D eigenvalue weighted by atomic mass is 9.91. The van der Waals surface area contributed by atoms with Crippen molar-refractivity contribution in [3.05, 3.63) is 63.7 Å². The number of nitrogens with one attached hydrogen (secondary N) is 2. The first-order chi connectivity index (χ1) is 14.6. The van der Waals surface area contributed by atoms with Gasteiger partial charge in [0.1, 0.15) is 35.2 Å². The molecule has 10 nitrogen and oxygen atoms in total. The average Bonchev–Trinajstić information content (AvgIpc) is 2.93. The molecule has 1 saturated heterocycles. The minimum absolute atomic E-state index is 0.179. The average molecular weight is 434 g/mol. The Morgan fingerprint density at radius 2 is 1.97 bits per heavy atom. The number of nitrogens with zero attached hydrogens (tertiary/aromatic N) is 2. The second kappa shape index (κ2) is 7.97. The van der Waals surface area contributed by atoms with Gasteiger partial charge in [-0.05, 0) is 37.3 Å². The fraction of sp³-hybridized carbons (Fsp3) is 0.211. The second-order valence-electron chi connectivity index (χ2n) is 6.76. The summed E-state index contributed by atoms with van der Waals surface area (Å²) in [5.41, 5.74) is -2.98. The summed E-state index contributed by atoms with van der Waals surface area (Å²) in [6, 6.07) is 5.14. The molecule has 0 saturated carbocycles. The molecule has 1 fully saturated rings. The molecular weight excluding hydrogens is 418 g/mol. The molecule has 31 heavy (non-hydrogen) atoms. The molecule has 0 bridgehead atoms. The van der Waals surface area contributed by atoms with Crippen LogP contribution in [0.25, 0.3) is 0 Å². The number of ether oxygens (including phenoxy) is 1. The summed E-state index contributed by atoms with van der Waals surface area (Å²) in [7, 11) is 1.31. The van der Waals surface area contributed by atoms with Crippen LogP contribution in [0, 0.1) is 21.7 Å². The van der Waals surface area contributed by atoms with Gasteiger partial charge in [0.05, 0.1) is 18.1 Å². The van der Waals surface area contributed by atoms with E-state index in [1.807, 2.05) is 0 Å². The number of nitro groups is 1. The molecule has 1 aliphatic heterocycles. The monoisotopic (exact) mass is 434 g/mol. The fourth-order valence-electron chi connectivity index (χ4n) is 3.13. The predicted molar refractivity (Wildman–Crippen MR) is 102 cm³/mol. The Morgan fingerprint density at radius 1 is 1.26 bits per heavy atom. The highest BCUT2D eigenvalue weighted by atomic mass is 19.1. The van der Waals surface area contributed by atoms with Crippen molar-refractivity contribution in [2.24, 2.45) is 0 Å². The minimum atomic E-state index is -1.93. The molecule has 2 aromatic rings. The number of carbonyl (C=O) groups excluding carboxylic acids is 3. The molecule has 0 spiro atoms. The van der Waals surface area contributed by atoms with E-state index in [-0.39, 0.29) is 11.4 Å². The number of nitro benzene ring substituents is 1. The molecule has 3 rings (SSSR count). The maximum atomic E-state index is 14.2. The van der Waals surface area contributed by atoms with Gasteiger partial charge >= 0.3 is 6.03 Å². The zero-order valence-electron chi connectivity index (χ0n) is 16.3. The van der Waals surface area contributed by atoms with Gasteiger partial charge in [0.15, 0.2) is 0 Å². The molecule has 4 amide bonds. The van der Waals surface area contributed by atoms with E-state index in [0.717, 1.165) is 24.3 Å². The van der Waals surface area contributed by atoms with Crippen LogP contribution in [0.5, 0.6) is 5.75 Å². The van der Waals surface area contributed by atoms with Crippen LogP contribution >= 0.6 is 0 Å². The van der Waals surface area contributed by atoms with E-state index in [1.54, 1.807) is 0 Å². The normalized spacial score (nSPS) is 18.0. The lowest BCUT2D eigenvalue weighted by Crippen LogP contribution is -2.42. The summed E-state index contributed by atoms with van der Waals surface area (Å²) < 4.78 is 32.7. The number of hydrogen-bond donors (Lipinski definition) is 2. The highest BCUT2D eigenvalue weighted by Gasteiger charge is 2.50. The zero-order chi connectivity index (χ0) is 22.9. The van der Waals surface area contributed by atoms with Gasteiger partial charge in [-0.2, -0.15) is 0 Å². The lowest BCUT2D eigenvalue weighted by Gasteiger charge is -2.22. The van der Waals surface area contributed by atoms with Crippen LogP contribution in [-0.4, -0.2) is 41.3 Å². The molecule has 1 heterocycles. The van der Waals surface area contributed by atoms with Crippen molar-refractivity contribution >= 4 is 29.2 Å². The molecule has 12 heteroatoms. The van der Waals surface area contributed by atoms with Gasteiger partial charge in [0.2, 0.25) is 5.91 Å². The maximum Gasteiger partial charge on any atom is 0.325 e. The van der Waals surface area contributed by atoms with Gasteiger partial charge < -0.3 is 15.4 Å². The molecule has 1 aliphatic rings. The van der Waals surface area contributed by atoms with Crippen LogP contribution in [0.4, 0.5) is 25.0 Å². The molecule has 2 N–H and O–H groups in total. The van der Waals surface area contributed by atoms with Gasteiger partial charge in [-0.1, -0.05) is 0 Å². The van der Waals surface area contributed by atoms with Crippen LogP contribution in [0.3, 0.4) is 0 Å². The summed E-state index contributed by atoms with van der Waals surface area (Å²) in [4.78, 5) is 48.5. The summed E-state index contributed by atoms with van der Waals surface area (Å²) in [5, 5.41) is 15.7. The van der Waals surface area contributed by atoms with Gasteiger partial charge in [-0.15, -0.1) is 0 Å². The molecule has 0 unspecified atom stereocenters. The van der Waals surface area contributed by atoms with Crippen molar-refractivity contribution in [3.63, 3.8) is 0 Å². The third-order valence-corrected chi connectivity index (χ3v) is 4.72. The number of anilines is 1. The van der Waals surface area contributed by atoms with E-state index in [0.29, 0.717) is 4.90 Å². The highest BCUT2D eigenvalue weighted by Crippen LogP contribution is 2.32. The standard InChI is InChI=1S/C19H16F2N4O6/c1-19(12-7-10(20)3-5-13(12)21)17(27)24(18(28)23-19)9-16(26)22-14-6-4-11(31-2)8-15(14)25(29)30/h3-8H,9H2,1-2H3,(H,22,26)(H,23,28)/t19-/m0/s1. The number of halogens is 2. The van der Waals surface area contributed by atoms with E-state index in [4.69, 9.17) is 4.74 Å². The Balaban J connectivity index is 1.81. The highest BCUT2D eigenvalue weighted by molar-refractivity contribution is 6.10. The number of urea groups is 1. The lowest BCUT2D eigenvalue weighted by molar-refractivity contribution is -0.384. The van der Waals surface area contributed by atoms with E-state index < -0.39 is 57.7 Å². The van der Waals surface area contributed by atoms with Crippen molar-refractivity contribution in [3.8, 4) is 5.75 Å². The Bertz CT molecular complexity index is 1110. The van der Waals surface area contributed by atoms with Gasteiger partial charge in [0, 0.05) is 5.56 Å². The number of methoxy groups -OCH3 is 1. The van der Waals surface area contributed by atoms with Crippen molar-refractivity contribution in [1.82, 2.24) is 10.2 Å². The molecule has 162 valence electrons. The number of hydrogen-bond acceptors (Lipinski definition) is 6. The van der Waals surface area contributed by atoms with Gasteiger partial charge in [0.25, 0.3) is 11.6 Å². The minimum Gasteiger partial charge on any atom is -0.496 e. The van der Waals surface area contributed by atoms with E-state index >= 15 is 0 Å². The number of amides is 4. The Morgan fingerprint density at radius 3 is 2.61 bits per heavy atom. The van der Waals surface area contributed by atoms with Crippen LogP contribution in [0.1, 0.15) is 12.5 Å². The van der Waals surface area contributed by atoms with Crippen LogP contribution in [0.2, 0.25) is 0 Å². The van der Waals surface area contributed by atoms with Crippen LogP contribution in [-0.2, 0) is 15.1 Å². The van der Waals surface area contributed by atoms with E-state index in [1.165, 1.54) is 26.2 Å². The quantitative estimate of drug-likeness (QED) is 0.408. The number of imide groups is 1. The first-order valence-corrected chi connectivity index (χ1v) is 8.78. The first-order valence-electron chi connectivity index (χ1n) is 8.78. The fourth-order valence-corrected chi connectivity index (χ4v) is 3.13. The number of rotatable bonds is 6. The largest absolute Gasteiger partial charge is 0.496 e. The summed E-state index contributed by atoms with van der Waals surface area (Å²) >= 11 is 0. The van der Waals surface area contributed by atoms with Crippen molar-refractivity contribution < 1.29 is 32.8 Å². The second-order valence-corrected chi connectivity index (χ2v) is 6.76. The van der Waals surface area contributed by atoms with Crippen molar-refractivity contribution in [1.29, 1.82) is 0 Å². The molecule has 1 atom stereocenters. The number of benzene rings is 2. The Hall–Kier alpha value is -4.09. The molecule has 2 aromatic carbocycles. The number of carbonyl (C=O) groups is 3. The molecular formula is C19H16F2N4O6. The summed E-state index contributed by atoms with van der Waals surface area (Å²) in [6.45, 7) is 0.373. The van der Waals surface area contributed by atoms with Crippen LogP contribution < -0.4 is 15.4 Å². The maximum absolute atomic E-state index is 14.2. The SMILES string of the molecule is COc1ccc(NC(=O)CN2C(=O)N[C@@](C)(c3cc(F)ccc3F)C2=O)c([N+](=O)[O-])c1. The third-order valence-electron chi connectivity index (χ3n) is 4.72. The third kappa shape index (κ3) is 3.99. The topological polar surface area (TPSA) is 131 Å². The first kappa shape index (κ1) is 21.6. The van der Waals surface area contributed by atoms with Crippen LogP contribution in [0.15, 0.2) is 36.4 Å². The van der Waals surface area contributed by atoms with Crippen molar-refractivity contribution in [2.45, 2.75) is 12.5 Å². The molecule has 0 aromatic heterocycles. The summed E-state index contributed by atoms with van der Waals surface area (Å²) in [5.74, 6) is -3.45.